The zero-order chi connectivity index (χ0) is 24.2. The molecule has 5 aromatic rings. The van der Waals surface area contributed by atoms with Crippen LogP contribution in [-0.4, -0.2) is 47.5 Å². The molecule has 0 aliphatic carbocycles. The number of hydrogen-bond donors (Lipinski definition) is 0. The summed E-state index contributed by atoms with van der Waals surface area (Å²) >= 11 is 2.92. The molecule has 0 saturated heterocycles. The van der Waals surface area contributed by atoms with E-state index in [9.17, 15) is 19.2 Å². The van der Waals surface area contributed by atoms with Crippen molar-refractivity contribution < 1.29 is 23.6 Å². The van der Waals surface area contributed by atoms with Gasteiger partial charge in [0.05, 0.1) is 32.3 Å². The van der Waals surface area contributed by atoms with Crippen molar-refractivity contribution in [3.05, 3.63) is 70.8 Å². The van der Waals surface area contributed by atoms with Crippen LogP contribution in [0.15, 0.2) is 52.9 Å². The third-order valence-electron chi connectivity index (χ3n) is 6.61. The lowest BCUT2D eigenvalue weighted by atomic mass is 10.0. The molecule has 0 radical (unpaired) electrons. The van der Waals surface area contributed by atoms with E-state index >= 15 is 0 Å². The van der Waals surface area contributed by atoms with Crippen LogP contribution in [0.25, 0.3) is 41.4 Å². The van der Waals surface area contributed by atoms with E-state index in [1.54, 1.807) is 24.3 Å². The predicted octanol–water partition coefficient (Wildman–Crippen LogP) is 5.49. The summed E-state index contributed by atoms with van der Waals surface area (Å²) in [6.45, 7) is 0. The molecule has 2 aliphatic heterocycles. The number of hydrogen-bond acceptors (Lipinski definition) is 7. The first-order valence-electron chi connectivity index (χ1n) is 10.7. The Labute approximate surface area is 205 Å². The van der Waals surface area contributed by atoms with Gasteiger partial charge in [0.25, 0.3) is 23.6 Å². The summed E-state index contributed by atoms with van der Waals surface area (Å²) in [6, 6.07) is 14.5. The fourth-order valence-electron chi connectivity index (χ4n) is 4.83. The second-order valence-corrected chi connectivity index (χ2v) is 10.6. The molecule has 0 bridgehead atoms. The molecular weight excluding hydrogens is 484 g/mol. The minimum absolute atomic E-state index is 0.300. The molecule has 0 fully saturated rings. The zero-order valence-electron chi connectivity index (χ0n) is 18.4. The summed E-state index contributed by atoms with van der Waals surface area (Å²) in [4.78, 5) is 54.9. The number of amides is 4. The van der Waals surface area contributed by atoms with Gasteiger partial charge in [-0.3, -0.25) is 29.0 Å². The minimum atomic E-state index is -0.310. The monoisotopic (exact) mass is 498 g/mol. The van der Waals surface area contributed by atoms with Gasteiger partial charge in [0.1, 0.15) is 5.58 Å². The fraction of sp³-hybridized carbons (Fsp3) is 0.0769. The quantitative estimate of drug-likeness (QED) is 0.300. The Kier molecular flexibility index (Phi) is 3.91. The second-order valence-electron chi connectivity index (χ2n) is 8.51. The largest absolute Gasteiger partial charge is 0.444 e. The molecule has 9 heteroatoms. The molecule has 2 aromatic carbocycles. The summed E-state index contributed by atoms with van der Waals surface area (Å²) in [5.74, 6) is -1.22. The molecule has 2 aliphatic rings. The van der Waals surface area contributed by atoms with Crippen LogP contribution in [0.2, 0.25) is 0 Å². The summed E-state index contributed by atoms with van der Waals surface area (Å²) in [5.41, 5.74) is 3.76. The number of carbonyl (C=O) groups excluding carboxylic acids is 4. The third kappa shape index (κ3) is 2.53. The van der Waals surface area contributed by atoms with Gasteiger partial charge in [0.15, 0.2) is 4.90 Å². The number of thiophene rings is 2. The van der Waals surface area contributed by atoms with E-state index < -0.39 is 0 Å². The summed E-state index contributed by atoms with van der Waals surface area (Å²) in [5, 5.41) is 0.908. The van der Waals surface area contributed by atoms with Crippen molar-refractivity contribution in [3.63, 3.8) is 0 Å². The molecule has 7 nitrogen and oxygen atoms in total. The Morgan fingerprint density at radius 1 is 0.657 bits per heavy atom. The molecule has 0 unspecified atom stereocenters. The van der Waals surface area contributed by atoms with E-state index in [4.69, 9.17) is 4.42 Å². The number of benzene rings is 2. The highest BCUT2D eigenvalue weighted by Gasteiger charge is 2.37. The van der Waals surface area contributed by atoms with Gasteiger partial charge in [-0.25, -0.2) is 0 Å². The van der Waals surface area contributed by atoms with Gasteiger partial charge in [0.2, 0.25) is 0 Å². The summed E-state index contributed by atoms with van der Waals surface area (Å²) < 4.78 is 7.06. The van der Waals surface area contributed by atoms with Crippen LogP contribution >= 0.6 is 22.7 Å². The molecule has 3 aromatic heterocycles. The summed E-state index contributed by atoms with van der Waals surface area (Å²) in [6.07, 6.45) is 0. The Morgan fingerprint density at radius 2 is 1.17 bits per heavy atom. The van der Waals surface area contributed by atoms with Gasteiger partial charge in [-0.2, -0.15) is 0 Å². The molecule has 0 spiro atoms. The van der Waals surface area contributed by atoms with Crippen molar-refractivity contribution in [3.8, 4) is 20.9 Å². The second kappa shape index (κ2) is 6.74. The van der Waals surface area contributed by atoms with Crippen LogP contribution in [0.5, 0.6) is 0 Å². The topological polar surface area (TPSA) is 87.9 Å². The van der Waals surface area contributed by atoms with Crippen molar-refractivity contribution in [2.45, 2.75) is 0 Å². The number of furan rings is 1. The lowest BCUT2D eigenvalue weighted by Gasteiger charge is -2.04. The maximum absolute atomic E-state index is 12.7. The van der Waals surface area contributed by atoms with Crippen LogP contribution in [-0.2, 0) is 0 Å². The highest BCUT2D eigenvalue weighted by atomic mass is 32.1. The average Bonchev–Trinajstić information content (AvgIpc) is 3.62. The van der Waals surface area contributed by atoms with Gasteiger partial charge in [-0.1, -0.05) is 35.6 Å². The Balaban J connectivity index is 1.38. The molecular formula is C26H14N2O5S2. The van der Waals surface area contributed by atoms with Crippen molar-refractivity contribution in [2.75, 3.05) is 14.1 Å². The normalized spacial score (nSPS) is 15.3. The van der Waals surface area contributed by atoms with E-state index in [0.29, 0.717) is 39.0 Å². The summed E-state index contributed by atoms with van der Waals surface area (Å²) in [7, 11) is 2.98. The van der Waals surface area contributed by atoms with Crippen LogP contribution in [0, 0.1) is 0 Å². The number of nitrogens with zero attached hydrogens (tertiary/aromatic N) is 2. The van der Waals surface area contributed by atoms with Gasteiger partial charge < -0.3 is 4.42 Å². The van der Waals surface area contributed by atoms with Gasteiger partial charge in [0, 0.05) is 41.0 Å². The van der Waals surface area contributed by atoms with Gasteiger partial charge in [-0.05, 0) is 18.2 Å². The van der Waals surface area contributed by atoms with E-state index in [-0.39, 0.29) is 23.6 Å². The number of carbonyl (C=O) groups is 4. The molecule has 35 heavy (non-hydrogen) atoms. The number of rotatable bonds is 2. The number of imide groups is 2. The Bertz CT molecular complexity index is 1690. The van der Waals surface area contributed by atoms with Crippen molar-refractivity contribution in [2.24, 2.45) is 0 Å². The zero-order valence-corrected chi connectivity index (χ0v) is 20.0. The first-order chi connectivity index (χ1) is 16.8. The highest BCUT2D eigenvalue weighted by molar-refractivity contribution is 7.25. The Hall–Kier alpha value is -4.08. The molecule has 7 rings (SSSR count). The average molecular weight is 499 g/mol. The maximum Gasteiger partial charge on any atom is 0.261 e. The molecule has 0 saturated carbocycles. The minimum Gasteiger partial charge on any atom is -0.444 e. The fourth-order valence-corrected chi connectivity index (χ4v) is 7.08. The van der Waals surface area contributed by atoms with Gasteiger partial charge in [-0.15, -0.1) is 11.3 Å². The van der Waals surface area contributed by atoms with Gasteiger partial charge >= 0.3 is 0 Å². The van der Waals surface area contributed by atoms with Crippen molar-refractivity contribution in [1.29, 1.82) is 0 Å². The first-order valence-corrected chi connectivity index (χ1v) is 12.4. The Morgan fingerprint density at radius 3 is 1.74 bits per heavy atom. The molecule has 0 atom stereocenters. The maximum atomic E-state index is 12.7. The molecule has 170 valence electrons. The van der Waals surface area contributed by atoms with E-state index in [2.05, 4.69) is 0 Å². The third-order valence-corrected chi connectivity index (χ3v) is 8.84. The molecule has 4 amide bonds. The van der Waals surface area contributed by atoms with Crippen LogP contribution in [0.4, 0.5) is 0 Å². The lowest BCUT2D eigenvalue weighted by Crippen LogP contribution is -2.24. The van der Waals surface area contributed by atoms with Crippen LogP contribution in [0.1, 0.15) is 41.4 Å². The predicted molar refractivity (Wildman–Crippen MR) is 133 cm³/mol. The SMILES string of the molecule is CN1C(=O)c2cccc(-c3cc4c(oc5cc(-c6cccc7c6C(=O)N(C)C7=O)sc54)s3)c2C1=O. The standard InChI is InChI=1S/C26H14N2O5S2/c1-27-22(29)13-7-3-5-11(19(13)24(27)31)17-9-15-21-16(33-26(15)35-17)10-18(34-21)12-6-4-8-14-20(12)25(32)28(2)23(14)30/h3-10H,1-2H3. The van der Waals surface area contributed by atoms with E-state index in [0.717, 1.165) is 34.5 Å². The molecule has 5 heterocycles. The van der Waals surface area contributed by atoms with Crippen LogP contribution in [0.3, 0.4) is 0 Å². The van der Waals surface area contributed by atoms with Crippen molar-refractivity contribution in [1.82, 2.24) is 9.80 Å². The smallest absolute Gasteiger partial charge is 0.261 e. The molecule has 0 N–H and O–H groups in total. The highest BCUT2D eigenvalue weighted by Crippen LogP contribution is 2.47. The first kappa shape index (κ1) is 20.3. The van der Waals surface area contributed by atoms with E-state index in [1.807, 2.05) is 24.3 Å². The van der Waals surface area contributed by atoms with Crippen LogP contribution < -0.4 is 0 Å². The van der Waals surface area contributed by atoms with Crippen molar-refractivity contribution >= 4 is 66.9 Å². The lowest BCUT2D eigenvalue weighted by molar-refractivity contribution is 0.0678. The van der Waals surface area contributed by atoms with E-state index in [1.165, 1.54) is 36.8 Å². The number of fused-ring (bicyclic) bond motifs is 5.